The highest BCUT2D eigenvalue weighted by Gasteiger charge is 2.35. The molecular formula is C53H68Cl2N14O8S2. The van der Waals surface area contributed by atoms with E-state index in [0.29, 0.717) is 47.4 Å². The number of amides is 3. The van der Waals surface area contributed by atoms with E-state index in [-0.39, 0.29) is 58.5 Å². The number of hydrogen-bond donors (Lipinski definition) is 4. The second kappa shape index (κ2) is 22.9. The number of nitrogens with two attached hydrogens (primary N) is 1. The minimum Gasteiger partial charge on any atom is -0.444 e. The number of carbonyl (C=O) groups is 3. The van der Waals surface area contributed by atoms with Crippen molar-refractivity contribution < 1.29 is 36.0 Å². The lowest BCUT2D eigenvalue weighted by atomic mass is 9.98. The third kappa shape index (κ3) is 13.8. The number of piperidine rings is 2. The molecule has 26 heteroatoms. The van der Waals surface area contributed by atoms with Gasteiger partial charge in [0.15, 0.2) is 22.9 Å². The summed E-state index contributed by atoms with van der Waals surface area (Å²) in [5.41, 5.74) is 11.2. The van der Waals surface area contributed by atoms with Gasteiger partial charge in [0, 0.05) is 55.4 Å². The molecule has 4 aliphatic heterocycles. The SMILES string of the molecule is Cc1cc2nc([C@@H]3CCCCN3C(=O)c3cc(Cl)ccc3NS(C)(=O)=O)cn2nc1N1CC[C@H](N)C1.Cc1cc2nc([C@@H]3CCCCN3C(=O)c3cc(Cl)ccc3NS(C)(=O)=O)cn2nc1N1CC[C@H](NC(=O)OC(C)(C)C)C1. The van der Waals surface area contributed by atoms with Crippen LogP contribution in [0.4, 0.5) is 27.8 Å². The van der Waals surface area contributed by atoms with Crippen LogP contribution in [0.5, 0.6) is 0 Å². The first-order chi connectivity index (χ1) is 37.3. The van der Waals surface area contributed by atoms with E-state index in [9.17, 15) is 31.2 Å². The number of benzene rings is 2. The second-order valence-electron chi connectivity index (χ2n) is 22.0. The first-order valence-corrected chi connectivity index (χ1v) is 30.9. The Morgan fingerprint density at radius 3 is 1.53 bits per heavy atom. The number of aromatic nitrogens is 6. The Balaban J connectivity index is 0.000000195. The molecule has 0 saturated carbocycles. The molecule has 3 amide bonds. The molecule has 4 saturated heterocycles. The zero-order valence-corrected chi connectivity index (χ0v) is 48.5. The maximum Gasteiger partial charge on any atom is 0.407 e. The highest BCUT2D eigenvalue weighted by atomic mass is 35.5. The molecule has 8 heterocycles. The minimum absolute atomic E-state index is 0.0551. The number of nitrogens with one attached hydrogen (secondary N) is 3. The van der Waals surface area contributed by atoms with Crippen LogP contribution < -0.4 is 30.3 Å². The van der Waals surface area contributed by atoms with E-state index >= 15 is 0 Å². The molecule has 0 bridgehead atoms. The van der Waals surface area contributed by atoms with Crippen molar-refractivity contribution in [2.24, 2.45) is 5.73 Å². The van der Waals surface area contributed by atoms with E-state index in [1.54, 1.807) is 31.0 Å². The smallest absolute Gasteiger partial charge is 0.407 e. The number of rotatable bonds is 11. The summed E-state index contributed by atoms with van der Waals surface area (Å²) < 4.78 is 61.5. The summed E-state index contributed by atoms with van der Waals surface area (Å²) in [6.07, 6.45) is 12.1. The van der Waals surface area contributed by atoms with Crippen molar-refractivity contribution in [2.75, 3.05) is 71.0 Å². The van der Waals surface area contributed by atoms with Crippen LogP contribution >= 0.6 is 23.2 Å². The van der Waals surface area contributed by atoms with Gasteiger partial charge in [-0.25, -0.2) is 40.6 Å². The van der Waals surface area contributed by atoms with Crippen LogP contribution in [0, 0.1) is 13.8 Å². The summed E-state index contributed by atoms with van der Waals surface area (Å²) >= 11 is 12.4. The number of hydrogen-bond acceptors (Lipinski definition) is 15. The van der Waals surface area contributed by atoms with Crippen LogP contribution in [-0.4, -0.2) is 143 Å². The minimum atomic E-state index is -3.61. The number of ether oxygens (including phenoxy) is 1. The lowest BCUT2D eigenvalue weighted by Gasteiger charge is -2.35. The predicted molar refractivity (Wildman–Crippen MR) is 305 cm³/mol. The van der Waals surface area contributed by atoms with Crippen LogP contribution in [0.2, 0.25) is 10.0 Å². The summed E-state index contributed by atoms with van der Waals surface area (Å²) in [4.78, 5) is 57.4. The maximum absolute atomic E-state index is 13.9. The number of fused-ring (bicyclic) bond motifs is 2. The van der Waals surface area contributed by atoms with E-state index < -0.39 is 31.7 Å². The van der Waals surface area contributed by atoms with E-state index in [0.717, 1.165) is 111 Å². The van der Waals surface area contributed by atoms with Gasteiger partial charge in [0.25, 0.3) is 11.8 Å². The molecule has 79 heavy (non-hydrogen) atoms. The van der Waals surface area contributed by atoms with E-state index in [2.05, 4.69) is 24.6 Å². The van der Waals surface area contributed by atoms with Crippen molar-refractivity contribution in [3.8, 4) is 0 Å². The van der Waals surface area contributed by atoms with Crippen molar-refractivity contribution in [3.05, 3.63) is 105 Å². The molecule has 424 valence electrons. The first kappa shape index (κ1) is 57.2. The van der Waals surface area contributed by atoms with Gasteiger partial charge in [-0.2, -0.15) is 0 Å². The highest BCUT2D eigenvalue weighted by Crippen LogP contribution is 2.37. The van der Waals surface area contributed by atoms with Gasteiger partial charge in [-0.3, -0.25) is 19.0 Å². The molecule has 0 aliphatic carbocycles. The molecule has 4 atom stereocenters. The average molecular weight is 1160 g/mol. The normalized spacial score (nSPS) is 20.1. The zero-order chi connectivity index (χ0) is 56.7. The molecule has 22 nitrogen and oxygen atoms in total. The van der Waals surface area contributed by atoms with Crippen molar-refractivity contribution in [1.82, 2.24) is 44.3 Å². The standard InChI is InChI=1S/C29H38ClN7O5S.C24H30ClN7O3S/c1-18-14-25-32-23(17-37(25)33-26(18)35-13-11-20(16-35)31-28(39)42-29(2,3)4)24-8-6-7-12-36(24)27(38)21-15-19(30)9-10-22(21)34-43(5,40)41;1-15-11-22-27-20(14-32(22)28-23(15)30-10-8-17(26)13-30)21-5-3-4-9-31(21)24(33)18-12-16(25)6-7-19(18)29-36(2,34)35/h9-10,14-15,17,20,24,34H,6-8,11-13,16H2,1-5H3,(H,31,39);6-7,11-12,14,17,21,29H,3-5,8-10,13,26H2,1-2H3/t20-,24-;17-,21-/m00/s1. The van der Waals surface area contributed by atoms with Gasteiger partial charge in [0.05, 0.1) is 76.9 Å². The van der Waals surface area contributed by atoms with Gasteiger partial charge in [-0.15, -0.1) is 10.2 Å². The molecule has 5 N–H and O–H groups in total. The van der Waals surface area contributed by atoms with E-state index in [4.69, 9.17) is 53.8 Å². The summed E-state index contributed by atoms with van der Waals surface area (Å²) in [5, 5.41) is 13.3. The molecule has 6 aromatic rings. The molecular weight excluding hydrogens is 1100 g/mol. The quantitative estimate of drug-likeness (QED) is 0.0979. The number of anilines is 4. The molecule has 10 rings (SSSR count). The monoisotopic (exact) mass is 1160 g/mol. The van der Waals surface area contributed by atoms with Crippen LogP contribution in [-0.2, 0) is 24.8 Å². The van der Waals surface area contributed by atoms with Gasteiger partial charge >= 0.3 is 6.09 Å². The van der Waals surface area contributed by atoms with Crippen molar-refractivity contribution in [1.29, 1.82) is 0 Å². The Morgan fingerprint density at radius 2 is 1.10 bits per heavy atom. The van der Waals surface area contributed by atoms with Crippen molar-refractivity contribution >= 4 is 95.5 Å². The number of sulfonamides is 2. The molecule has 2 aromatic carbocycles. The Labute approximate surface area is 470 Å². The molecule has 4 fully saturated rings. The van der Waals surface area contributed by atoms with Gasteiger partial charge in [0.2, 0.25) is 20.0 Å². The van der Waals surface area contributed by atoms with Crippen molar-refractivity contribution in [2.45, 2.75) is 116 Å². The van der Waals surface area contributed by atoms with Gasteiger partial charge in [-0.05, 0) is 146 Å². The molecule has 0 spiro atoms. The zero-order valence-electron chi connectivity index (χ0n) is 45.4. The average Bonchev–Trinajstić information content (AvgIpc) is 4.32. The fourth-order valence-corrected chi connectivity index (χ4v) is 12.3. The number of halogens is 2. The number of likely N-dealkylation sites (tertiary alicyclic amines) is 2. The summed E-state index contributed by atoms with van der Waals surface area (Å²) in [7, 11) is -7.19. The topological polar surface area (TPSA) is 264 Å². The van der Waals surface area contributed by atoms with Crippen molar-refractivity contribution in [3.63, 3.8) is 0 Å². The van der Waals surface area contributed by atoms with E-state index in [1.165, 1.54) is 24.3 Å². The number of imidazole rings is 2. The first-order valence-electron chi connectivity index (χ1n) is 26.4. The maximum atomic E-state index is 13.9. The van der Waals surface area contributed by atoms with E-state index in [1.807, 2.05) is 59.1 Å². The summed E-state index contributed by atoms with van der Waals surface area (Å²) in [6, 6.07) is 12.6. The lowest BCUT2D eigenvalue weighted by molar-refractivity contribution is 0.0507. The Bertz CT molecular complexity index is 3540. The largest absolute Gasteiger partial charge is 0.444 e. The molecule has 0 radical (unpaired) electrons. The fourth-order valence-electron chi connectivity index (χ4n) is 10.8. The van der Waals surface area contributed by atoms with Crippen LogP contribution in [0.25, 0.3) is 11.3 Å². The van der Waals surface area contributed by atoms with Gasteiger partial charge < -0.3 is 35.4 Å². The summed E-state index contributed by atoms with van der Waals surface area (Å²) in [5.74, 6) is 1.09. The third-order valence-corrected chi connectivity index (χ3v) is 15.9. The number of alkyl carbamates (subject to hydrolysis) is 1. The Hall–Kier alpha value is -6.47. The fraction of sp³-hybridized carbons (Fsp3) is 0.491. The van der Waals surface area contributed by atoms with Crippen LogP contribution in [0.15, 0.2) is 60.9 Å². The number of carbonyl (C=O) groups excluding carboxylic acids is 3. The van der Waals surface area contributed by atoms with Gasteiger partial charge in [0.1, 0.15) is 5.60 Å². The number of nitrogens with zero attached hydrogens (tertiary/aromatic N) is 10. The van der Waals surface area contributed by atoms with Crippen LogP contribution in [0.1, 0.15) is 127 Å². The Morgan fingerprint density at radius 1 is 0.646 bits per heavy atom. The number of aryl methyl sites for hydroxylation is 2. The molecule has 4 aromatic heterocycles. The predicted octanol–water partition coefficient (Wildman–Crippen LogP) is 7.50. The third-order valence-electron chi connectivity index (χ3n) is 14.2. The van der Waals surface area contributed by atoms with Gasteiger partial charge in [-0.1, -0.05) is 23.2 Å². The molecule has 4 aliphatic rings. The highest BCUT2D eigenvalue weighted by molar-refractivity contribution is 7.92. The lowest BCUT2D eigenvalue weighted by Crippen LogP contribution is -2.40. The Kier molecular flexibility index (Phi) is 16.6. The summed E-state index contributed by atoms with van der Waals surface area (Å²) in [6.45, 7) is 13.5. The molecule has 0 unspecified atom stereocenters. The van der Waals surface area contributed by atoms with Crippen LogP contribution in [0.3, 0.4) is 0 Å². The second-order valence-corrected chi connectivity index (χ2v) is 26.3.